The molecule has 7 N–H and O–H groups in total. The lowest BCUT2D eigenvalue weighted by Crippen LogP contribution is -2.51. The van der Waals surface area contributed by atoms with Gasteiger partial charge in [0.15, 0.2) is 0 Å². The first-order chi connectivity index (χ1) is 54.8. The van der Waals surface area contributed by atoms with E-state index in [4.69, 9.17) is 18.9 Å². The molecule has 3 aromatic heterocycles. The van der Waals surface area contributed by atoms with Crippen molar-refractivity contribution in [3.05, 3.63) is 177 Å². The van der Waals surface area contributed by atoms with Gasteiger partial charge in [-0.3, -0.25) is 24.2 Å². The number of carbonyl (C=O) groups is 1. The molecule has 8 aliphatic heterocycles. The predicted octanol–water partition coefficient (Wildman–Crippen LogP) is 15.7. The van der Waals surface area contributed by atoms with Crippen LogP contribution in [0.2, 0.25) is 0 Å². The fourth-order valence-corrected chi connectivity index (χ4v) is 22.2. The third-order valence-electron chi connectivity index (χ3n) is 20.3. The largest absolute Gasteiger partial charge is 0.444 e. The number of nitrogens with one attached hydrogen (secondary N) is 7. The van der Waals surface area contributed by atoms with Crippen molar-refractivity contribution in [2.45, 2.75) is 124 Å². The highest BCUT2D eigenvalue weighted by Crippen LogP contribution is 2.55. The van der Waals surface area contributed by atoms with Gasteiger partial charge >= 0.3 is 6.09 Å². The van der Waals surface area contributed by atoms with Crippen LogP contribution in [0, 0.1) is 0 Å². The molecular weight excluding hydrogens is 1600 g/mol. The van der Waals surface area contributed by atoms with Crippen molar-refractivity contribution in [1.82, 2.24) is 35.0 Å². The number of benzene rings is 6. The maximum atomic E-state index is 12.7. The van der Waals surface area contributed by atoms with Crippen molar-refractivity contribution in [3.8, 4) is 33.8 Å². The minimum Gasteiger partial charge on any atom is -0.444 e. The Bertz CT molecular complexity index is 5050. The van der Waals surface area contributed by atoms with Gasteiger partial charge in [-0.05, 0) is 133 Å². The Morgan fingerprint density at radius 2 is 0.770 bits per heavy atom. The summed E-state index contributed by atoms with van der Waals surface area (Å²) in [4.78, 5) is 87.4. The zero-order valence-corrected chi connectivity index (χ0v) is 71.1. The molecule has 594 valence electrons. The molecule has 17 rings (SSSR count). The van der Waals surface area contributed by atoms with Crippen molar-refractivity contribution in [2.24, 2.45) is 0 Å². The molecule has 6 aromatic carbocycles. The minimum atomic E-state index is -0.474. The van der Waals surface area contributed by atoms with Crippen molar-refractivity contribution in [3.63, 3.8) is 0 Å². The van der Waals surface area contributed by atoms with E-state index in [1.807, 2.05) is 20.8 Å². The van der Waals surface area contributed by atoms with Gasteiger partial charge in [-0.1, -0.05) is 123 Å². The Morgan fingerprint density at radius 3 is 1.12 bits per heavy atom. The van der Waals surface area contributed by atoms with E-state index in [1.54, 1.807) is 93.7 Å². The molecule has 8 aliphatic rings. The van der Waals surface area contributed by atoms with Gasteiger partial charge in [-0.2, -0.15) is 0 Å². The van der Waals surface area contributed by atoms with Gasteiger partial charge in [0, 0.05) is 256 Å². The number of carbonyl (C=O) groups excluding carboxylic acids is 1. The molecule has 1 amide bonds. The van der Waals surface area contributed by atoms with E-state index in [1.165, 1.54) is 58.7 Å². The fraction of sp³-hybridized carbons (Fsp3) is 0.388. The number of H-pyrrole nitrogens is 3. The summed E-state index contributed by atoms with van der Waals surface area (Å²) in [6.07, 6.45) is -0.226. The number of anilines is 6. The van der Waals surface area contributed by atoms with E-state index < -0.39 is 5.60 Å². The molecule has 0 saturated carbocycles. The van der Waals surface area contributed by atoms with Gasteiger partial charge in [-0.25, -0.2) is 4.79 Å². The highest BCUT2D eigenvalue weighted by Gasteiger charge is 2.30. The molecule has 21 nitrogen and oxygen atoms in total. The number of amides is 1. The van der Waals surface area contributed by atoms with Gasteiger partial charge < -0.3 is 74.8 Å². The summed E-state index contributed by atoms with van der Waals surface area (Å²) in [5, 5.41) is 15.2. The molecule has 0 bridgehead atoms. The summed E-state index contributed by atoms with van der Waals surface area (Å²) < 4.78 is 22.0. The number of hydrogen-bond acceptors (Lipinski definition) is 23. The van der Waals surface area contributed by atoms with Gasteiger partial charge in [-0.15, -0.1) is 0 Å². The van der Waals surface area contributed by atoms with Crippen LogP contribution in [-0.2, 0) is 18.9 Å². The third-order valence-corrected chi connectivity index (χ3v) is 29.1. The van der Waals surface area contributed by atoms with E-state index in [9.17, 15) is 19.2 Å². The Kier molecular flexibility index (Phi) is 26.6. The summed E-state index contributed by atoms with van der Waals surface area (Å²) in [7, 11) is 0. The summed E-state index contributed by atoms with van der Waals surface area (Å²) in [5.74, 6) is 0. The number of nitrogens with zero attached hydrogens (tertiary/aromatic N) is 6. The first-order valence-corrected chi connectivity index (χ1v) is 45.0. The summed E-state index contributed by atoms with van der Waals surface area (Å²) in [5.41, 5.74) is 11.3. The monoisotopic (exact) mass is 1700 g/mol. The second kappa shape index (κ2) is 37.2. The Labute approximate surface area is 694 Å². The number of piperazine rings is 2. The van der Waals surface area contributed by atoms with Crippen LogP contribution in [0.4, 0.5) is 38.9 Å². The first-order valence-electron chi connectivity index (χ1n) is 38.9. The summed E-state index contributed by atoms with van der Waals surface area (Å²) in [6.45, 7) is 30.6. The molecule has 9 aromatic rings. The Balaban J connectivity index is 0.000000136. The number of aromatic nitrogens is 3. The lowest BCUT2D eigenvalue weighted by molar-refractivity contribution is 0.0143. The van der Waals surface area contributed by atoms with Crippen LogP contribution in [0.5, 0.6) is 0 Å². The maximum Gasteiger partial charge on any atom is 0.410 e. The molecule has 5 fully saturated rings. The van der Waals surface area contributed by atoms with Crippen LogP contribution in [-0.4, -0.2) is 209 Å². The van der Waals surface area contributed by atoms with Crippen LogP contribution in [0.3, 0.4) is 0 Å². The minimum absolute atomic E-state index is 0.0730. The molecule has 11 heterocycles. The average Bonchev–Trinajstić information content (AvgIpc) is 0.778. The molecule has 3 atom stereocenters. The molecule has 3 unspecified atom stereocenters. The number of pyridine rings is 3. The highest BCUT2D eigenvalue weighted by molar-refractivity contribution is 9.09. The third kappa shape index (κ3) is 20.7. The van der Waals surface area contributed by atoms with Crippen LogP contribution in [0.1, 0.15) is 41.5 Å². The number of aromatic amines is 3. The van der Waals surface area contributed by atoms with Crippen molar-refractivity contribution in [2.75, 3.05) is 180 Å². The first kappa shape index (κ1) is 80.8. The topological polar surface area (TPSA) is 220 Å². The van der Waals surface area contributed by atoms with Crippen LogP contribution in [0.15, 0.2) is 219 Å². The number of ether oxygens (including phenoxy) is 4. The van der Waals surface area contributed by atoms with Crippen LogP contribution < -0.4 is 52.6 Å². The quantitative estimate of drug-likeness (QED) is 0.0421. The average molecular weight is 1700 g/mol. The summed E-state index contributed by atoms with van der Waals surface area (Å²) in [6, 6.07) is 51.2. The smallest absolute Gasteiger partial charge is 0.410 e. The zero-order valence-electron chi connectivity index (χ0n) is 64.6. The standard InChI is InChI=1S/C33H41N5O4S2.C28H33N5O2S2.C24H24BrN3O2S2/c1-22(21-36-10-12-38(13-11-36)32(40)42-33(2,3)4)34-23-8-9-27-29(18-23)43-28-7-5-6-25(31(28)44-27)26-19-24(20-30(39)35-26)37-14-16-41-17-15-37;1-19(18-32-9-7-29-8-10-32)30-20-5-6-24-26(15-20)36-25-4-2-3-22(28(25)37-24)23-16-21(17-27(34)31-23)33-11-13-35-14-12-33;1-15(14-25)26-16-5-6-20-22(11-16)31-21-4-2-3-18(24(21)32-20)19-12-17(13-23(29)27-19)28-7-9-30-10-8-28/h5-9,18-20,22,34H,10-17,21H2,1-4H3,(H,35,39);2-6,15-17,19,29-30H,7-14,18H2,1H3,(H,31,34);2-6,11-13,15,26H,7-10,14H2,1H3,(H,27,29). The van der Waals surface area contributed by atoms with Crippen LogP contribution in [0.25, 0.3) is 33.8 Å². The lowest BCUT2D eigenvalue weighted by Gasteiger charge is -2.36. The number of fused-ring (bicyclic) bond motifs is 6. The van der Waals surface area contributed by atoms with E-state index in [0.29, 0.717) is 64.8 Å². The Morgan fingerprint density at radius 1 is 0.425 bits per heavy atom. The molecule has 0 radical (unpaired) electrons. The SMILES string of the molecule is CC(CBr)Nc1ccc2c(c1)Sc1cccc(-c3cc(N4CCOCC4)cc(=O)[nH]3)c1S2.CC(CN1CCN(C(=O)OC(C)(C)C)CC1)Nc1ccc2c(c1)Sc1cccc(-c3cc(N4CCOCC4)cc(=O)[nH]3)c1S2.CC(CN1CCNCC1)Nc1ccc2c(c1)Sc1cccc(-c3cc(N4CCOCC4)cc(=O)[nH]3)c1S2. The molecule has 0 aliphatic carbocycles. The van der Waals surface area contributed by atoms with Crippen molar-refractivity contribution < 1.29 is 23.7 Å². The maximum absolute atomic E-state index is 12.7. The molecule has 28 heteroatoms. The predicted molar refractivity (Wildman–Crippen MR) is 467 cm³/mol. The highest BCUT2D eigenvalue weighted by atomic mass is 79.9. The number of rotatable bonds is 17. The van der Waals surface area contributed by atoms with Gasteiger partial charge in [0.1, 0.15) is 5.60 Å². The van der Waals surface area contributed by atoms with E-state index in [0.717, 1.165) is 165 Å². The second-order valence-electron chi connectivity index (χ2n) is 30.3. The van der Waals surface area contributed by atoms with Gasteiger partial charge in [0.05, 0.1) is 56.7 Å². The van der Waals surface area contributed by atoms with Gasteiger partial charge in [0.2, 0.25) is 16.7 Å². The lowest BCUT2D eigenvalue weighted by atomic mass is 10.1. The molecular formula is C85H98BrN13O8S6. The van der Waals surface area contributed by atoms with Crippen molar-refractivity contribution in [1.29, 1.82) is 0 Å². The molecule has 5 saturated heterocycles. The van der Waals surface area contributed by atoms with E-state index >= 15 is 0 Å². The fourth-order valence-electron chi connectivity index (χ4n) is 14.8. The zero-order chi connectivity index (χ0) is 78.1. The van der Waals surface area contributed by atoms with Crippen LogP contribution >= 0.6 is 86.5 Å². The van der Waals surface area contributed by atoms with E-state index in [-0.39, 0.29) is 28.8 Å². The Hall–Kier alpha value is -7.42. The summed E-state index contributed by atoms with van der Waals surface area (Å²) >= 11 is 14.2. The number of alkyl halides is 1. The normalized spacial score (nSPS) is 17.7. The second-order valence-corrected chi connectivity index (χ2v) is 37.3. The van der Waals surface area contributed by atoms with Crippen molar-refractivity contribution >= 4 is 127 Å². The number of morpholine rings is 3. The van der Waals surface area contributed by atoms with Gasteiger partial charge in [0.25, 0.3) is 0 Å². The number of hydrogen-bond donors (Lipinski definition) is 7. The van der Waals surface area contributed by atoms with E-state index in [2.05, 4.69) is 225 Å². The molecule has 113 heavy (non-hydrogen) atoms. The number of halogens is 1. The molecule has 0 spiro atoms.